The zero-order valence-corrected chi connectivity index (χ0v) is 19.4. The highest BCUT2D eigenvalue weighted by molar-refractivity contribution is 7.13. The lowest BCUT2D eigenvalue weighted by Gasteiger charge is -2.42. The predicted molar refractivity (Wildman–Crippen MR) is 127 cm³/mol. The molecule has 1 saturated heterocycles. The number of hydrogen-bond donors (Lipinski definition) is 1. The molecule has 31 heavy (non-hydrogen) atoms. The van der Waals surface area contributed by atoms with Crippen LogP contribution in [0.25, 0.3) is 10.4 Å². The number of piperidine rings is 1. The highest BCUT2D eigenvalue weighted by Gasteiger charge is 2.42. The number of nitrogens with one attached hydrogen (secondary N) is 1. The molecule has 1 aromatic heterocycles. The van der Waals surface area contributed by atoms with Crippen LogP contribution in [0.2, 0.25) is 0 Å². The molecule has 1 saturated carbocycles. The van der Waals surface area contributed by atoms with Gasteiger partial charge in [-0.05, 0) is 61.6 Å². The molecular weight excluding hydrogens is 404 g/mol. The van der Waals surface area contributed by atoms with Gasteiger partial charge in [0.2, 0.25) is 11.8 Å². The number of nitrogens with zero attached hydrogens (tertiary/aromatic N) is 1. The minimum Gasteiger partial charge on any atom is -0.356 e. The topological polar surface area (TPSA) is 49.4 Å². The Labute approximate surface area is 190 Å². The smallest absolute Gasteiger partial charge is 0.226 e. The van der Waals surface area contributed by atoms with Gasteiger partial charge in [0.05, 0.1) is 5.41 Å². The maximum atomic E-state index is 13.2. The molecule has 2 amide bonds. The third kappa shape index (κ3) is 5.03. The Morgan fingerprint density at radius 2 is 1.87 bits per heavy atom. The number of carbonyl (C=O) groups excluding carboxylic acids is 2. The second-order valence-electron chi connectivity index (χ2n) is 9.15. The van der Waals surface area contributed by atoms with E-state index in [-0.39, 0.29) is 11.8 Å². The summed E-state index contributed by atoms with van der Waals surface area (Å²) in [5, 5.41) is 5.18. The van der Waals surface area contributed by atoms with E-state index in [1.165, 1.54) is 35.3 Å². The standard InChI is InChI=1S/C26H34N2O2S/c1-2-27-25(30)26(19-20-8-6-11-22(18-20)23-12-7-17-31-23)13-15-28(16-14-26)24(29)21-9-4-3-5-10-21/h6-8,11-12,17-18,21H,2-5,9-10,13-16,19H2,1H3,(H,27,30). The molecule has 0 spiro atoms. The van der Waals surface area contributed by atoms with Crippen LogP contribution in [0.3, 0.4) is 0 Å². The first-order valence-corrected chi connectivity index (χ1v) is 12.7. The third-order valence-electron chi connectivity index (χ3n) is 7.08. The molecular formula is C26H34N2O2S. The first-order valence-electron chi connectivity index (χ1n) is 11.8. The first kappa shape index (κ1) is 22.1. The van der Waals surface area contributed by atoms with Crippen molar-refractivity contribution in [3.63, 3.8) is 0 Å². The van der Waals surface area contributed by atoms with Gasteiger partial charge in [-0.3, -0.25) is 9.59 Å². The van der Waals surface area contributed by atoms with Gasteiger partial charge in [-0.25, -0.2) is 0 Å². The fraction of sp³-hybridized carbons (Fsp3) is 0.538. The van der Waals surface area contributed by atoms with Crippen LogP contribution < -0.4 is 5.32 Å². The minimum atomic E-state index is -0.437. The Bertz CT molecular complexity index is 879. The minimum absolute atomic E-state index is 0.140. The molecule has 0 atom stereocenters. The summed E-state index contributed by atoms with van der Waals surface area (Å²) >= 11 is 1.74. The molecule has 2 fully saturated rings. The zero-order valence-electron chi connectivity index (χ0n) is 18.6. The molecule has 2 aromatic rings. The Hall–Kier alpha value is -2.14. The molecule has 1 aromatic carbocycles. The summed E-state index contributed by atoms with van der Waals surface area (Å²) in [6.07, 6.45) is 7.87. The lowest BCUT2D eigenvalue weighted by molar-refractivity contribution is -0.143. The van der Waals surface area contributed by atoms with Crippen LogP contribution in [0.15, 0.2) is 41.8 Å². The quantitative estimate of drug-likeness (QED) is 0.667. The van der Waals surface area contributed by atoms with Crippen LogP contribution in [0.1, 0.15) is 57.4 Å². The molecule has 0 radical (unpaired) electrons. The van der Waals surface area contributed by atoms with Crippen molar-refractivity contribution in [3.8, 4) is 10.4 Å². The van der Waals surface area contributed by atoms with E-state index in [4.69, 9.17) is 0 Å². The number of rotatable bonds is 6. The number of likely N-dealkylation sites (tertiary alicyclic amines) is 1. The van der Waals surface area contributed by atoms with Gasteiger partial charge in [-0.2, -0.15) is 0 Å². The Morgan fingerprint density at radius 1 is 1.10 bits per heavy atom. The van der Waals surface area contributed by atoms with Crippen LogP contribution in [0.5, 0.6) is 0 Å². The van der Waals surface area contributed by atoms with E-state index in [1.807, 2.05) is 11.8 Å². The molecule has 2 heterocycles. The van der Waals surface area contributed by atoms with Crippen molar-refractivity contribution in [2.45, 2.75) is 58.3 Å². The van der Waals surface area contributed by atoms with Crippen molar-refractivity contribution < 1.29 is 9.59 Å². The van der Waals surface area contributed by atoms with Crippen LogP contribution in [0, 0.1) is 11.3 Å². The number of benzene rings is 1. The molecule has 1 aliphatic carbocycles. The van der Waals surface area contributed by atoms with Gasteiger partial charge in [0, 0.05) is 30.4 Å². The summed E-state index contributed by atoms with van der Waals surface area (Å²) in [4.78, 5) is 29.5. The monoisotopic (exact) mass is 438 g/mol. The molecule has 1 aliphatic heterocycles. The van der Waals surface area contributed by atoms with Gasteiger partial charge in [0.25, 0.3) is 0 Å². The van der Waals surface area contributed by atoms with Crippen LogP contribution in [-0.2, 0) is 16.0 Å². The summed E-state index contributed by atoms with van der Waals surface area (Å²) in [6, 6.07) is 12.8. The highest BCUT2D eigenvalue weighted by atomic mass is 32.1. The second kappa shape index (κ2) is 9.99. The van der Waals surface area contributed by atoms with Crippen molar-refractivity contribution in [1.82, 2.24) is 10.2 Å². The molecule has 2 aliphatic rings. The van der Waals surface area contributed by atoms with E-state index >= 15 is 0 Å². The number of amides is 2. The molecule has 4 rings (SSSR count). The summed E-state index contributed by atoms with van der Waals surface area (Å²) in [6.45, 7) is 4.00. The van der Waals surface area contributed by atoms with E-state index in [9.17, 15) is 9.59 Å². The summed E-state index contributed by atoms with van der Waals surface area (Å²) < 4.78 is 0. The average molecular weight is 439 g/mol. The van der Waals surface area contributed by atoms with Gasteiger partial charge in [0.1, 0.15) is 0 Å². The fourth-order valence-corrected chi connectivity index (χ4v) is 5.99. The highest BCUT2D eigenvalue weighted by Crippen LogP contribution is 2.38. The lowest BCUT2D eigenvalue weighted by Crippen LogP contribution is -2.52. The number of thiophene rings is 1. The van der Waals surface area contributed by atoms with E-state index in [0.717, 1.165) is 32.1 Å². The average Bonchev–Trinajstić information content (AvgIpc) is 3.35. The largest absolute Gasteiger partial charge is 0.356 e. The van der Waals surface area contributed by atoms with Crippen molar-refractivity contribution in [2.75, 3.05) is 19.6 Å². The van der Waals surface area contributed by atoms with Gasteiger partial charge < -0.3 is 10.2 Å². The maximum Gasteiger partial charge on any atom is 0.226 e. The van der Waals surface area contributed by atoms with Crippen LogP contribution in [-0.4, -0.2) is 36.3 Å². The lowest BCUT2D eigenvalue weighted by atomic mass is 9.72. The van der Waals surface area contributed by atoms with Gasteiger partial charge in [0.15, 0.2) is 0 Å². The van der Waals surface area contributed by atoms with Gasteiger partial charge >= 0.3 is 0 Å². The van der Waals surface area contributed by atoms with Crippen molar-refractivity contribution in [3.05, 3.63) is 47.3 Å². The molecule has 0 unspecified atom stereocenters. The van der Waals surface area contributed by atoms with Crippen molar-refractivity contribution >= 4 is 23.2 Å². The van der Waals surface area contributed by atoms with E-state index < -0.39 is 5.41 Å². The second-order valence-corrected chi connectivity index (χ2v) is 10.1. The fourth-order valence-electron chi connectivity index (χ4n) is 5.26. The summed E-state index contributed by atoms with van der Waals surface area (Å²) in [7, 11) is 0. The Balaban J connectivity index is 1.49. The first-order chi connectivity index (χ1) is 15.1. The normalized spacial score (nSPS) is 19.2. The zero-order chi connectivity index (χ0) is 21.7. The van der Waals surface area contributed by atoms with Gasteiger partial charge in [-0.15, -0.1) is 11.3 Å². The molecule has 0 bridgehead atoms. The van der Waals surface area contributed by atoms with E-state index in [1.54, 1.807) is 11.3 Å². The number of hydrogen-bond acceptors (Lipinski definition) is 3. The van der Waals surface area contributed by atoms with Crippen LogP contribution in [0.4, 0.5) is 0 Å². The Kier molecular flexibility index (Phi) is 7.11. The maximum absolute atomic E-state index is 13.2. The van der Waals surface area contributed by atoms with Crippen molar-refractivity contribution in [1.29, 1.82) is 0 Å². The number of carbonyl (C=O) groups is 2. The molecule has 166 valence electrons. The van der Waals surface area contributed by atoms with E-state index in [2.05, 4.69) is 47.1 Å². The molecule has 5 heteroatoms. The summed E-state index contributed by atoms with van der Waals surface area (Å²) in [5.41, 5.74) is 1.97. The SMILES string of the molecule is CCNC(=O)C1(Cc2cccc(-c3cccs3)c2)CCN(C(=O)C2CCCCC2)CC1. The Morgan fingerprint density at radius 3 is 2.55 bits per heavy atom. The van der Waals surface area contributed by atoms with Crippen LogP contribution >= 0.6 is 11.3 Å². The summed E-state index contributed by atoms with van der Waals surface area (Å²) in [5.74, 6) is 0.665. The van der Waals surface area contributed by atoms with Gasteiger partial charge in [-0.1, -0.05) is 49.6 Å². The molecule has 4 nitrogen and oxygen atoms in total. The van der Waals surface area contributed by atoms with Crippen molar-refractivity contribution in [2.24, 2.45) is 11.3 Å². The third-order valence-corrected chi connectivity index (χ3v) is 8.00. The predicted octanol–water partition coefficient (Wildman–Crippen LogP) is 5.28. The van der Waals surface area contributed by atoms with E-state index in [0.29, 0.717) is 25.5 Å². The molecule has 1 N–H and O–H groups in total.